The fraction of sp³-hybridized carbons (Fsp3) is 0.588. The van der Waals surface area contributed by atoms with Crippen LogP contribution in [0.1, 0.15) is 34.6 Å². The van der Waals surface area contributed by atoms with Crippen LogP contribution in [0.15, 0.2) is 24.3 Å². The fourth-order valence-corrected chi connectivity index (χ4v) is 4.97. The molecule has 0 unspecified atom stereocenters. The van der Waals surface area contributed by atoms with Crippen molar-refractivity contribution >= 4 is 20.1 Å². The Morgan fingerprint density at radius 1 is 0.917 bits per heavy atom. The molecule has 1 rings (SSSR count). The Balaban J connectivity index is 3.23. The van der Waals surface area contributed by atoms with Gasteiger partial charge in [0, 0.05) is 32.9 Å². The van der Waals surface area contributed by atoms with Gasteiger partial charge in [0.05, 0.1) is 5.19 Å². The van der Waals surface area contributed by atoms with E-state index in [-0.39, 0.29) is 6.09 Å². The number of rotatable bonds is 10. The number of ether oxygens (including phenoxy) is 1. The van der Waals surface area contributed by atoms with Gasteiger partial charge in [-0.25, -0.2) is 4.79 Å². The van der Waals surface area contributed by atoms with Crippen molar-refractivity contribution in [1.82, 2.24) is 4.90 Å². The number of carbonyl (C=O) groups is 1. The molecule has 0 N–H and O–H groups in total. The van der Waals surface area contributed by atoms with E-state index in [2.05, 4.69) is 0 Å². The van der Waals surface area contributed by atoms with E-state index in [0.29, 0.717) is 43.8 Å². The monoisotopic (exact) mass is 355 g/mol. The minimum Gasteiger partial charge on any atom is -0.410 e. The Hall–Kier alpha value is -1.41. The van der Waals surface area contributed by atoms with Gasteiger partial charge in [0.2, 0.25) is 0 Å². The summed E-state index contributed by atoms with van der Waals surface area (Å²) in [6.07, 6.45) is -0.389. The van der Waals surface area contributed by atoms with Crippen LogP contribution in [0.25, 0.3) is 0 Å². The fourth-order valence-electron chi connectivity index (χ4n) is 2.38. The molecule has 0 bridgehead atoms. The van der Waals surface area contributed by atoms with E-state index in [1.165, 1.54) is 0 Å². The molecule has 0 aliphatic carbocycles. The van der Waals surface area contributed by atoms with E-state index in [4.69, 9.17) is 18.0 Å². The third-order valence-electron chi connectivity index (χ3n) is 3.44. The van der Waals surface area contributed by atoms with Gasteiger partial charge >= 0.3 is 14.9 Å². The predicted molar refractivity (Wildman–Crippen MR) is 95.7 cm³/mol. The molecule has 0 aliphatic rings. The average Bonchev–Trinajstić information content (AvgIpc) is 2.57. The summed E-state index contributed by atoms with van der Waals surface area (Å²) in [5.74, 6) is 0.427. The summed E-state index contributed by atoms with van der Waals surface area (Å²) < 4.78 is 23.4. The van der Waals surface area contributed by atoms with E-state index >= 15 is 0 Å². The molecular weight excluding hydrogens is 326 g/mol. The van der Waals surface area contributed by atoms with Crippen LogP contribution in [-0.4, -0.2) is 52.7 Å². The van der Waals surface area contributed by atoms with Crippen LogP contribution in [0.4, 0.5) is 4.79 Å². The number of hydrogen-bond acceptors (Lipinski definition) is 5. The second-order valence-electron chi connectivity index (χ2n) is 4.89. The highest BCUT2D eigenvalue weighted by molar-refractivity contribution is 6.76. The first kappa shape index (κ1) is 20.6. The maximum atomic E-state index is 12.3. The Bertz CT molecular complexity index is 490. The third kappa shape index (κ3) is 5.04. The van der Waals surface area contributed by atoms with Crippen molar-refractivity contribution in [3.63, 3.8) is 0 Å². The Morgan fingerprint density at radius 2 is 1.42 bits per heavy atom. The van der Waals surface area contributed by atoms with Gasteiger partial charge in [-0.2, -0.15) is 0 Å². The summed E-state index contributed by atoms with van der Waals surface area (Å²) in [6, 6.07) is 7.27. The van der Waals surface area contributed by atoms with Crippen LogP contribution in [0.3, 0.4) is 0 Å². The molecule has 0 fully saturated rings. The molecule has 1 aromatic rings. The third-order valence-corrected chi connectivity index (χ3v) is 6.52. The second-order valence-corrected chi connectivity index (χ2v) is 7.41. The van der Waals surface area contributed by atoms with Crippen LogP contribution in [-0.2, 0) is 13.3 Å². The highest BCUT2D eigenvalue weighted by Crippen LogP contribution is 2.19. The molecule has 24 heavy (non-hydrogen) atoms. The number of hydrogen-bond donors (Lipinski definition) is 0. The Kier molecular flexibility index (Phi) is 8.98. The van der Waals surface area contributed by atoms with E-state index in [0.717, 1.165) is 0 Å². The number of nitrogens with zero attached hydrogens (tertiary/aromatic N) is 1. The summed E-state index contributed by atoms with van der Waals surface area (Å²) in [5.41, 5.74) is 0. The van der Waals surface area contributed by atoms with Gasteiger partial charge in [0.25, 0.3) is 0 Å². The standard InChI is InChI=1S/C17H29NO5Si/c1-6-18(7-2)17(19)23-15-13-11-12-14-16(15)24(20-8-3,21-9-4)22-10-5/h11-14H,6-10H2,1-5H3. The van der Waals surface area contributed by atoms with Gasteiger partial charge in [-0.1, -0.05) is 18.2 Å². The molecule has 0 spiro atoms. The van der Waals surface area contributed by atoms with Crippen LogP contribution in [0.2, 0.25) is 0 Å². The van der Waals surface area contributed by atoms with E-state index in [1.54, 1.807) is 11.0 Å². The molecule has 136 valence electrons. The van der Waals surface area contributed by atoms with Crippen LogP contribution in [0, 0.1) is 0 Å². The lowest BCUT2D eigenvalue weighted by molar-refractivity contribution is 0.0853. The molecular formula is C17H29NO5Si. The van der Waals surface area contributed by atoms with E-state index < -0.39 is 8.80 Å². The highest BCUT2D eigenvalue weighted by atomic mass is 28.4. The van der Waals surface area contributed by atoms with Gasteiger partial charge in [0.1, 0.15) is 5.75 Å². The van der Waals surface area contributed by atoms with Gasteiger partial charge in [-0.05, 0) is 40.7 Å². The van der Waals surface area contributed by atoms with Gasteiger partial charge < -0.3 is 22.9 Å². The zero-order valence-electron chi connectivity index (χ0n) is 15.3. The van der Waals surface area contributed by atoms with Gasteiger partial charge in [0.15, 0.2) is 0 Å². The molecule has 0 saturated heterocycles. The lowest BCUT2D eigenvalue weighted by atomic mass is 10.3. The molecule has 0 radical (unpaired) electrons. The highest BCUT2D eigenvalue weighted by Gasteiger charge is 2.46. The van der Waals surface area contributed by atoms with Crippen molar-refractivity contribution in [1.29, 1.82) is 0 Å². The second kappa shape index (κ2) is 10.5. The number of amides is 1. The molecule has 0 aliphatic heterocycles. The summed E-state index contributed by atoms with van der Waals surface area (Å²) in [4.78, 5) is 13.9. The Labute approximate surface area is 146 Å². The summed E-state index contributed by atoms with van der Waals surface area (Å²) in [6.45, 7) is 12.0. The van der Waals surface area contributed by atoms with Gasteiger partial charge in [-0.3, -0.25) is 0 Å². The Morgan fingerprint density at radius 3 is 1.88 bits per heavy atom. The van der Waals surface area contributed by atoms with Crippen LogP contribution in [0.5, 0.6) is 5.75 Å². The molecule has 0 heterocycles. The van der Waals surface area contributed by atoms with Crippen LogP contribution >= 0.6 is 0 Å². The zero-order valence-corrected chi connectivity index (χ0v) is 16.3. The quantitative estimate of drug-likeness (QED) is 0.604. The van der Waals surface area contributed by atoms with Crippen molar-refractivity contribution in [2.45, 2.75) is 34.6 Å². The molecule has 0 saturated carbocycles. The maximum Gasteiger partial charge on any atom is 0.541 e. The SMILES string of the molecule is CCO[Si](OCC)(OCC)c1ccccc1OC(=O)N(CC)CC. The number of carbonyl (C=O) groups excluding carboxylic acids is 1. The molecule has 1 amide bonds. The van der Waals surface area contributed by atoms with Crippen molar-refractivity contribution in [2.75, 3.05) is 32.9 Å². The lowest BCUT2D eigenvalue weighted by Crippen LogP contribution is -2.57. The van der Waals surface area contributed by atoms with Crippen molar-refractivity contribution in [3.05, 3.63) is 24.3 Å². The first-order valence-corrected chi connectivity index (χ1v) is 10.3. The summed E-state index contributed by atoms with van der Waals surface area (Å²) in [5, 5.41) is 0.677. The van der Waals surface area contributed by atoms with E-state index in [1.807, 2.05) is 52.8 Å². The van der Waals surface area contributed by atoms with Crippen molar-refractivity contribution < 1.29 is 22.8 Å². The molecule has 1 aromatic carbocycles. The first-order chi connectivity index (χ1) is 11.6. The topological polar surface area (TPSA) is 57.2 Å². The maximum absolute atomic E-state index is 12.3. The minimum atomic E-state index is -3.13. The summed E-state index contributed by atoms with van der Waals surface area (Å²) in [7, 11) is -3.13. The molecule has 0 atom stereocenters. The van der Waals surface area contributed by atoms with Gasteiger partial charge in [-0.15, -0.1) is 0 Å². The lowest BCUT2D eigenvalue weighted by Gasteiger charge is -2.30. The first-order valence-electron chi connectivity index (χ1n) is 8.56. The number of para-hydroxylation sites is 1. The molecule has 0 aromatic heterocycles. The zero-order chi connectivity index (χ0) is 18.0. The van der Waals surface area contributed by atoms with Crippen molar-refractivity contribution in [3.8, 4) is 5.75 Å². The largest absolute Gasteiger partial charge is 0.541 e. The summed E-state index contributed by atoms with van der Waals surface area (Å²) >= 11 is 0. The van der Waals surface area contributed by atoms with Crippen molar-refractivity contribution in [2.24, 2.45) is 0 Å². The smallest absolute Gasteiger partial charge is 0.410 e. The predicted octanol–water partition coefficient (Wildman–Crippen LogP) is 2.78. The normalized spacial score (nSPS) is 11.4. The minimum absolute atomic E-state index is 0.389. The van der Waals surface area contributed by atoms with E-state index in [9.17, 15) is 4.79 Å². The van der Waals surface area contributed by atoms with Crippen LogP contribution < -0.4 is 9.92 Å². The molecule has 6 nitrogen and oxygen atoms in total. The number of benzene rings is 1. The average molecular weight is 356 g/mol. The molecule has 7 heteroatoms.